The van der Waals surface area contributed by atoms with Crippen molar-refractivity contribution in [1.82, 2.24) is 0 Å². The molecule has 0 heterocycles. The standard InChI is InChI=1S/C27H32O3/c1-26(2,3)21-11-17-23(18-12-21)29-22-13-7-19(8-14-22)25(28)20-9-15-24(16-10-20)30-27(4,5)6/h7,9-19H,8H2,1-6H3. The van der Waals surface area contributed by atoms with Gasteiger partial charge < -0.3 is 9.47 Å². The van der Waals surface area contributed by atoms with Crippen LogP contribution in [0, 0.1) is 5.92 Å². The normalized spacial score (nSPS) is 16.7. The molecule has 1 aliphatic rings. The fourth-order valence-corrected chi connectivity index (χ4v) is 3.28. The molecule has 2 aromatic rings. The third-order valence-corrected chi connectivity index (χ3v) is 4.92. The van der Waals surface area contributed by atoms with Crippen molar-refractivity contribution in [3.05, 3.63) is 83.6 Å². The highest BCUT2D eigenvalue weighted by molar-refractivity contribution is 5.99. The van der Waals surface area contributed by atoms with Crippen LogP contribution in [-0.2, 0) is 5.41 Å². The molecule has 0 aliphatic heterocycles. The maximum absolute atomic E-state index is 12.8. The average Bonchev–Trinajstić information content (AvgIpc) is 2.67. The van der Waals surface area contributed by atoms with Crippen LogP contribution in [0.2, 0.25) is 0 Å². The van der Waals surface area contributed by atoms with Crippen molar-refractivity contribution in [2.75, 3.05) is 0 Å². The van der Waals surface area contributed by atoms with E-state index in [1.54, 1.807) is 0 Å². The molecule has 2 aromatic carbocycles. The fourth-order valence-electron chi connectivity index (χ4n) is 3.28. The molecule has 0 amide bonds. The molecule has 0 fully saturated rings. The minimum absolute atomic E-state index is 0.110. The summed E-state index contributed by atoms with van der Waals surface area (Å²) in [7, 11) is 0. The molecule has 0 N–H and O–H groups in total. The number of allylic oxidation sites excluding steroid dienone is 3. The summed E-state index contributed by atoms with van der Waals surface area (Å²) in [5.74, 6) is 2.29. The summed E-state index contributed by atoms with van der Waals surface area (Å²) in [5, 5.41) is 0. The van der Waals surface area contributed by atoms with Gasteiger partial charge in [-0.25, -0.2) is 0 Å². The van der Waals surface area contributed by atoms with Crippen LogP contribution in [0.25, 0.3) is 0 Å². The van der Waals surface area contributed by atoms with E-state index in [1.165, 1.54) is 5.56 Å². The molecule has 0 aromatic heterocycles. The van der Waals surface area contributed by atoms with Gasteiger partial charge in [-0.15, -0.1) is 0 Å². The van der Waals surface area contributed by atoms with E-state index in [2.05, 4.69) is 32.9 Å². The van der Waals surface area contributed by atoms with Crippen molar-refractivity contribution in [2.24, 2.45) is 5.92 Å². The van der Waals surface area contributed by atoms with Gasteiger partial charge in [0.25, 0.3) is 0 Å². The van der Waals surface area contributed by atoms with Gasteiger partial charge in [0.2, 0.25) is 0 Å². The fraction of sp³-hybridized carbons (Fsp3) is 0.370. The Labute approximate surface area is 180 Å². The van der Waals surface area contributed by atoms with Gasteiger partial charge in [0.1, 0.15) is 22.9 Å². The number of hydrogen-bond donors (Lipinski definition) is 0. The molecule has 30 heavy (non-hydrogen) atoms. The van der Waals surface area contributed by atoms with E-state index in [0.717, 1.165) is 17.3 Å². The van der Waals surface area contributed by atoms with Gasteiger partial charge in [0, 0.05) is 11.5 Å². The third kappa shape index (κ3) is 5.85. The van der Waals surface area contributed by atoms with Crippen LogP contribution in [0.1, 0.15) is 63.9 Å². The van der Waals surface area contributed by atoms with E-state index in [1.807, 2.05) is 75.4 Å². The zero-order chi connectivity index (χ0) is 21.9. The minimum atomic E-state index is -0.258. The molecule has 0 spiro atoms. The Morgan fingerprint density at radius 2 is 1.47 bits per heavy atom. The predicted molar refractivity (Wildman–Crippen MR) is 122 cm³/mol. The van der Waals surface area contributed by atoms with Crippen LogP contribution in [-0.4, -0.2) is 11.4 Å². The van der Waals surface area contributed by atoms with Crippen molar-refractivity contribution in [1.29, 1.82) is 0 Å². The summed E-state index contributed by atoms with van der Waals surface area (Å²) in [4.78, 5) is 12.8. The Morgan fingerprint density at radius 1 is 0.867 bits per heavy atom. The van der Waals surface area contributed by atoms with Gasteiger partial charge in [-0.3, -0.25) is 4.79 Å². The Hall–Kier alpha value is -2.81. The first-order chi connectivity index (χ1) is 14.0. The van der Waals surface area contributed by atoms with Gasteiger partial charge in [-0.05, 0) is 86.7 Å². The lowest BCUT2D eigenvalue weighted by molar-refractivity contribution is 0.0944. The first-order valence-corrected chi connectivity index (χ1v) is 10.5. The molecular weight excluding hydrogens is 372 g/mol. The van der Waals surface area contributed by atoms with Crippen LogP contribution in [0.15, 0.2) is 72.5 Å². The monoisotopic (exact) mass is 404 g/mol. The summed E-state index contributed by atoms with van der Waals surface area (Å²) in [6.07, 6.45) is 6.43. The highest BCUT2D eigenvalue weighted by atomic mass is 16.5. The van der Waals surface area contributed by atoms with E-state index >= 15 is 0 Å². The first-order valence-electron chi connectivity index (χ1n) is 10.5. The van der Waals surface area contributed by atoms with Crippen molar-refractivity contribution in [3.8, 4) is 11.5 Å². The van der Waals surface area contributed by atoms with Crippen molar-refractivity contribution < 1.29 is 14.3 Å². The molecule has 3 rings (SSSR count). The predicted octanol–water partition coefficient (Wildman–Crippen LogP) is 6.88. The van der Waals surface area contributed by atoms with E-state index in [0.29, 0.717) is 12.0 Å². The maximum Gasteiger partial charge on any atom is 0.170 e. The Morgan fingerprint density at radius 3 is 1.97 bits per heavy atom. The minimum Gasteiger partial charge on any atom is -0.488 e. The number of carbonyl (C=O) groups is 1. The van der Waals surface area contributed by atoms with Crippen LogP contribution in [0.5, 0.6) is 11.5 Å². The van der Waals surface area contributed by atoms with Gasteiger partial charge in [0.05, 0.1) is 0 Å². The quantitative estimate of drug-likeness (QED) is 0.509. The van der Waals surface area contributed by atoms with Crippen LogP contribution < -0.4 is 9.47 Å². The summed E-state index contributed by atoms with van der Waals surface area (Å²) in [6.45, 7) is 12.6. The topological polar surface area (TPSA) is 35.5 Å². The molecule has 0 bridgehead atoms. The third-order valence-electron chi connectivity index (χ3n) is 4.92. The van der Waals surface area contributed by atoms with Gasteiger partial charge in [-0.2, -0.15) is 0 Å². The summed E-state index contributed by atoms with van der Waals surface area (Å²) >= 11 is 0. The molecule has 3 nitrogen and oxygen atoms in total. The first kappa shape index (κ1) is 21.9. The van der Waals surface area contributed by atoms with Crippen molar-refractivity contribution >= 4 is 5.78 Å². The lowest BCUT2D eigenvalue weighted by atomic mass is 9.87. The molecule has 3 heteroatoms. The average molecular weight is 405 g/mol. The van der Waals surface area contributed by atoms with Gasteiger partial charge >= 0.3 is 0 Å². The van der Waals surface area contributed by atoms with E-state index in [-0.39, 0.29) is 22.7 Å². The second-order valence-electron chi connectivity index (χ2n) is 9.79. The lowest BCUT2D eigenvalue weighted by Gasteiger charge is -2.21. The smallest absolute Gasteiger partial charge is 0.170 e. The van der Waals surface area contributed by atoms with Crippen molar-refractivity contribution in [2.45, 2.75) is 59.0 Å². The SMILES string of the molecule is CC(C)(C)Oc1ccc(C(=O)C2C=CC(Oc3ccc(C(C)(C)C)cc3)=CC2)cc1. The van der Waals surface area contributed by atoms with E-state index < -0.39 is 0 Å². The zero-order valence-corrected chi connectivity index (χ0v) is 18.9. The van der Waals surface area contributed by atoms with E-state index in [9.17, 15) is 4.79 Å². The Bertz CT molecular complexity index is 934. The number of ketones is 1. The van der Waals surface area contributed by atoms with Crippen molar-refractivity contribution in [3.63, 3.8) is 0 Å². The molecule has 1 atom stereocenters. The summed E-state index contributed by atoms with van der Waals surface area (Å²) in [6, 6.07) is 15.6. The highest BCUT2D eigenvalue weighted by Gasteiger charge is 2.20. The number of rotatable bonds is 5. The molecule has 158 valence electrons. The molecule has 0 saturated heterocycles. The highest BCUT2D eigenvalue weighted by Crippen LogP contribution is 2.27. The van der Waals surface area contributed by atoms with Gasteiger partial charge in [-0.1, -0.05) is 39.0 Å². The molecule has 0 saturated carbocycles. The number of Topliss-reactive ketones (excluding diaryl/α,β-unsaturated/α-hetero) is 1. The second kappa shape index (κ2) is 8.51. The van der Waals surface area contributed by atoms with Gasteiger partial charge in [0.15, 0.2) is 5.78 Å². The number of hydrogen-bond acceptors (Lipinski definition) is 3. The summed E-state index contributed by atoms with van der Waals surface area (Å²) < 4.78 is 11.8. The molecule has 1 unspecified atom stereocenters. The van der Waals surface area contributed by atoms with Crippen LogP contribution >= 0.6 is 0 Å². The van der Waals surface area contributed by atoms with Crippen LogP contribution in [0.3, 0.4) is 0 Å². The largest absolute Gasteiger partial charge is 0.488 e. The second-order valence-corrected chi connectivity index (χ2v) is 9.79. The zero-order valence-electron chi connectivity index (χ0n) is 18.9. The maximum atomic E-state index is 12.8. The van der Waals surface area contributed by atoms with Crippen LogP contribution in [0.4, 0.5) is 0 Å². The summed E-state index contributed by atoms with van der Waals surface area (Å²) in [5.41, 5.74) is 1.83. The Kier molecular flexibility index (Phi) is 6.21. The molecule has 0 radical (unpaired) electrons. The molecule has 1 aliphatic carbocycles. The Balaban J connectivity index is 1.59. The number of ether oxygens (including phenoxy) is 2. The number of carbonyl (C=O) groups excluding carboxylic acids is 1. The van der Waals surface area contributed by atoms with E-state index in [4.69, 9.17) is 9.47 Å². The molecular formula is C27H32O3. The number of benzene rings is 2. The lowest BCUT2D eigenvalue weighted by Crippen LogP contribution is -2.23.